The Kier molecular flexibility index (Phi) is 4.68. The second kappa shape index (κ2) is 6.87. The van der Waals surface area contributed by atoms with Crippen molar-refractivity contribution in [2.45, 2.75) is 50.8 Å². The largest absolute Gasteiger partial charge is 0.392 e. The predicted molar refractivity (Wildman–Crippen MR) is 83.3 cm³/mol. The highest BCUT2D eigenvalue weighted by Crippen LogP contribution is 2.18. The van der Waals surface area contributed by atoms with E-state index in [1.807, 2.05) is 47.4 Å². The first kappa shape index (κ1) is 14.3. The molecule has 1 aromatic carbocycles. The van der Waals surface area contributed by atoms with E-state index in [4.69, 9.17) is 0 Å². The Bertz CT molecular complexity index is 552. The van der Waals surface area contributed by atoms with E-state index in [1.54, 1.807) is 0 Å². The molecule has 0 amide bonds. The second-order valence-corrected chi connectivity index (χ2v) is 5.82. The van der Waals surface area contributed by atoms with Crippen LogP contribution in [0.1, 0.15) is 37.7 Å². The van der Waals surface area contributed by atoms with Crippen LogP contribution in [0, 0.1) is 0 Å². The van der Waals surface area contributed by atoms with Crippen LogP contribution in [-0.4, -0.2) is 27.0 Å². The number of nitrogens with zero attached hydrogens (tertiary/aromatic N) is 2. The highest BCUT2D eigenvalue weighted by atomic mass is 16.3. The van der Waals surface area contributed by atoms with Crippen molar-refractivity contribution in [2.75, 3.05) is 0 Å². The molecule has 0 radical (unpaired) electrons. The Balaban J connectivity index is 1.60. The van der Waals surface area contributed by atoms with Gasteiger partial charge < -0.3 is 10.4 Å². The molecule has 1 saturated carbocycles. The zero-order chi connectivity index (χ0) is 14.5. The van der Waals surface area contributed by atoms with Crippen molar-refractivity contribution >= 4 is 0 Å². The van der Waals surface area contributed by atoms with Crippen LogP contribution in [-0.2, 0) is 6.54 Å². The number of rotatable bonds is 4. The number of aliphatic hydroxyl groups excluding tert-OH is 1. The Hall–Kier alpha value is -1.65. The summed E-state index contributed by atoms with van der Waals surface area (Å²) in [5.41, 5.74) is 2.22. The maximum Gasteiger partial charge on any atom is 0.0693 e. The van der Waals surface area contributed by atoms with Crippen molar-refractivity contribution in [2.24, 2.45) is 0 Å². The van der Waals surface area contributed by atoms with Gasteiger partial charge >= 0.3 is 0 Å². The van der Waals surface area contributed by atoms with Crippen molar-refractivity contribution in [1.29, 1.82) is 0 Å². The van der Waals surface area contributed by atoms with Crippen LogP contribution in [0.25, 0.3) is 5.69 Å². The average molecular weight is 285 g/mol. The van der Waals surface area contributed by atoms with Gasteiger partial charge in [-0.25, -0.2) is 4.68 Å². The lowest BCUT2D eigenvalue weighted by Gasteiger charge is -2.21. The second-order valence-electron chi connectivity index (χ2n) is 5.82. The molecule has 1 aliphatic rings. The number of nitrogens with one attached hydrogen (secondary N) is 1. The summed E-state index contributed by atoms with van der Waals surface area (Å²) in [4.78, 5) is 0. The molecule has 1 heterocycles. The molecule has 2 aromatic rings. The molecule has 0 saturated heterocycles. The molecule has 2 unspecified atom stereocenters. The third-order valence-electron chi connectivity index (χ3n) is 4.20. The SMILES string of the molecule is OC1CCCCCC1NCc1cnn(-c2ccccc2)c1. The van der Waals surface area contributed by atoms with Gasteiger partial charge in [0.2, 0.25) is 0 Å². The molecule has 1 fully saturated rings. The van der Waals surface area contributed by atoms with Crippen molar-refractivity contribution < 1.29 is 5.11 Å². The molecule has 2 N–H and O–H groups in total. The molecule has 0 spiro atoms. The molecule has 2 atom stereocenters. The van der Waals surface area contributed by atoms with E-state index >= 15 is 0 Å². The standard InChI is InChI=1S/C17H23N3O/c21-17-10-6-2-5-9-16(17)18-11-14-12-19-20(13-14)15-7-3-1-4-8-15/h1,3-4,7-8,12-13,16-18,21H,2,5-6,9-11H2. The highest BCUT2D eigenvalue weighted by Gasteiger charge is 2.20. The van der Waals surface area contributed by atoms with Gasteiger partial charge in [0.05, 0.1) is 18.0 Å². The zero-order valence-electron chi connectivity index (χ0n) is 12.3. The third-order valence-corrected chi connectivity index (χ3v) is 4.20. The number of para-hydroxylation sites is 1. The fourth-order valence-electron chi connectivity index (χ4n) is 2.95. The Morgan fingerprint density at radius 2 is 1.95 bits per heavy atom. The highest BCUT2D eigenvalue weighted by molar-refractivity contribution is 5.30. The van der Waals surface area contributed by atoms with Crippen LogP contribution >= 0.6 is 0 Å². The van der Waals surface area contributed by atoms with Gasteiger partial charge in [-0.1, -0.05) is 37.5 Å². The van der Waals surface area contributed by atoms with Crippen molar-refractivity contribution in [3.63, 3.8) is 0 Å². The average Bonchev–Trinajstić information content (AvgIpc) is 2.90. The van der Waals surface area contributed by atoms with Gasteiger partial charge in [0.15, 0.2) is 0 Å². The maximum atomic E-state index is 10.1. The number of aliphatic hydroxyl groups is 1. The Morgan fingerprint density at radius 1 is 1.14 bits per heavy atom. The van der Waals surface area contributed by atoms with Crippen LogP contribution in [0.4, 0.5) is 0 Å². The molecule has 112 valence electrons. The minimum Gasteiger partial charge on any atom is -0.392 e. The van der Waals surface area contributed by atoms with Gasteiger partial charge in [0, 0.05) is 24.3 Å². The summed E-state index contributed by atoms with van der Waals surface area (Å²) >= 11 is 0. The predicted octanol–water partition coefficient (Wildman–Crippen LogP) is 2.66. The summed E-state index contributed by atoms with van der Waals surface area (Å²) in [6.45, 7) is 0.758. The Morgan fingerprint density at radius 3 is 2.81 bits per heavy atom. The van der Waals surface area contributed by atoms with Crippen molar-refractivity contribution in [3.8, 4) is 5.69 Å². The van der Waals surface area contributed by atoms with E-state index in [2.05, 4.69) is 10.4 Å². The first-order valence-corrected chi connectivity index (χ1v) is 7.83. The number of hydrogen-bond donors (Lipinski definition) is 2. The molecule has 4 heteroatoms. The summed E-state index contributed by atoms with van der Waals surface area (Å²) in [5, 5.41) is 18.0. The molecule has 3 rings (SSSR count). The van der Waals surface area contributed by atoms with E-state index in [0.29, 0.717) is 0 Å². The van der Waals surface area contributed by atoms with Gasteiger partial charge in [0.25, 0.3) is 0 Å². The lowest BCUT2D eigenvalue weighted by Crippen LogP contribution is -2.38. The minimum absolute atomic E-state index is 0.211. The zero-order valence-corrected chi connectivity index (χ0v) is 12.3. The van der Waals surface area contributed by atoms with Gasteiger partial charge in [-0.3, -0.25) is 0 Å². The van der Waals surface area contributed by atoms with E-state index in [0.717, 1.165) is 37.1 Å². The van der Waals surface area contributed by atoms with Crippen LogP contribution in [0.5, 0.6) is 0 Å². The first-order valence-electron chi connectivity index (χ1n) is 7.83. The quantitative estimate of drug-likeness (QED) is 0.849. The minimum atomic E-state index is -0.211. The van der Waals surface area contributed by atoms with E-state index < -0.39 is 0 Å². The normalized spacial score (nSPS) is 22.9. The summed E-state index contributed by atoms with van der Waals surface area (Å²) < 4.78 is 1.89. The van der Waals surface area contributed by atoms with Gasteiger partial charge in [-0.2, -0.15) is 5.10 Å². The molecule has 4 nitrogen and oxygen atoms in total. The lowest BCUT2D eigenvalue weighted by atomic mass is 10.1. The fourth-order valence-corrected chi connectivity index (χ4v) is 2.95. The molecular weight excluding hydrogens is 262 g/mol. The van der Waals surface area contributed by atoms with Crippen LogP contribution in [0.2, 0.25) is 0 Å². The number of hydrogen-bond acceptors (Lipinski definition) is 3. The van der Waals surface area contributed by atoms with Crippen LogP contribution in [0.15, 0.2) is 42.7 Å². The molecule has 0 bridgehead atoms. The molecule has 21 heavy (non-hydrogen) atoms. The summed E-state index contributed by atoms with van der Waals surface area (Å²) in [5.74, 6) is 0. The van der Waals surface area contributed by atoms with Gasteiger partial charge in [-0.05, 0) is 25.0 Å². The van der Waals surface area contributed by atoms with Crippen LogP contribution in [0.3, 0.4) is 0 Å². The topological polar surface area (TPSA) is 50.1 Å². The number of benzene rings is 1. The van der Waals surface area contributed by atoms with Gasteiger partial charge in [0.1, 0.15) is 0 Å². The molecule has 0 aliphatic heterocycles. The third kappa shape index (κ3) is 3.71. The summed E-state index contributed by atoms with van der Waals surface area (Å²) in [7, 11) is 0. The smallest absolute Gasteiger partial charge is 0.0693 e. The first-order chi connectivity index (χ1) is 10.3. The molecule has 1 aromatic heterocycles. The van der Waals surface area contributed by atoms with E-state index in [-0.39, 0.29) is 12.1 Å². The van der Waals surface area contributed by atoms with Gasteiger partial charge in [-0.15, -0.1) is 0 Å². The number of aromatic nitrogens is 2. The lowest BCUT2D eigenvalue weighted by molar-refractivity contribution is 0.119. The maximum absolute atomic E-state index is 10.1. The van der Waals surface area contributed by atoms with Crippen LogP contribution < -0.4 is 5.32 Å². The fraction of sp³-hybridized carbons (Fsp3) is 0.471. The summed E-state index contributed by atoms with van der Waals surface area (Å²) in [6, 6.07) is 10.3. The summed E-state index contributed by atoms with van der Waals surface area (Å²) in [6.07, 6.45) is 9.30. The van der Waals surface area contributed by atoms with E-state index in [1.165, 1.54) is 12.8 Å². The molecule has 1 aliphatic carbocycles. The van der Waals surface area contributed by atoms with Crippen molar-refractivity contribution in [3.05, 3.63) is 48.3 Å². The van der Waals surface area contributed by atoms with Crippen molar-refractivity contribution in [1.82, 2.24) is 15.1 Å². The Labute approximate surface area is 125 Å². The molecular formula is C17H23N3O. The van der Waals surface area contributed by atoms with E-state index in [9.17, 15) is 5.11 Å². The monoisotopic (exact) mass is 285 g/mol.